The first kappa shape index (κ1) is 17.6. The number of benzene rings is 2. The van der Waals surface area contributed by atoms with Crippen molar-refractivity contribution in [1.82, 2.24) is 4.90 Å². The molecule has 1 aliphatic heterocycles. The highest BCUT2D eigenvalue weighted by Crippen LogP contribution is 2.30. The Bertz CT molecular complexity index is 755. The van der Waals surface area contributed by atoms with Crippen molar-refractivity contribution in [3.8, 4) is 0 Å². The van der Waals surface area contributed by atoms with Gasteiger partial charge >= 0.3 is 5.97 Å². The predicted octanol–water partition coefficient (Wildman–Crippen LogP) is 4.06. The molecule has 1 aliphatic rings. The third-order valence-corrected chi connectivity index (χ3v) is 4.96. The summed E-state index contributed by atoms with van der Waals surface area (Å²) in [4.78, 5) is 26.3. The third-order valence-electron chi connectivity index (χ3n) is 4.72. The molecule has 0 amide bonds. The molecule has 0 spiro atoms. The molecule has 1 N–H and O–H groups in total. The number of halogens is 1. The molecule has 2 aromatic carbocycles. The summed E-state index contributed by atoms with van der Waals surface area (Å²) >= 11 is 6.01. The summed E-state index contributed by atoms with van der Waals surface area (Å²) in [6, 6.07) is 15.5. The van der Waals surface area contributed by atoms with Gasteiger partial charge in [0, 0.05) is 16.5 Å². The van der Waals surface area contributed by atoms with Gasteiger partial charge in [-0.05, 0) is 43.6 Å². The molecule has 130 valence electrons. The topological polar surface area (TPSA) is 57.6 Å². The lowest BCUT2D eigenvalue weighted by atomic mass is 9.88. The van der Waals surface area contributed by atoms with Crippen LogP contribution in [-0.2, 0) is 4.79 Å². The number of Topliss-reactive ketones (excluding diaryl/α,β-unsaturated/α-hetero) is 1. The fourth-order valence-corrected chi connectivity index (χ4v) is 3.64. The van der Waals surface area contributed by atoms with Crippen molar-refractivity contribution in [2.24, 2.45) is 5.92 Å². The molecule has 3 rings (SSSR count). The summed E-state index contributed by atoms with van der Waals surface area (Å²) in [5, 5.41) is 10.2. The minimum atomic E-state index is -0.893. The van der Waals surface area contributed by atoms with E-state index >= 15 is 0 Å². The molecule has 1 saturated heterocycles. The van der Waals surface area contributed by atoms with E-state index in [9.17, 15) is 14.7 Å². The third kappa shape index (κ3) is 4.09. The molecular formula is C20H20ClNO3. The van der Waals surface area contributed by atoms with Crippen molar-refractivity contribution in [3.63, 3.8) is 0 Å². The Morgan fingerprint density at radius 2 is 1.72 bits per heavy atom. The predicted molar refractivity (Wildman–Crippen MR) is 96.9 cm³/mol. The van der Waals surface area contributed by atoms with E-state index in [2.05, 4.69) is 0 Å². The maximum absolute atomic E-state index is 12.6. The molecular weight excluding hydrogens is 338 g/mol. The summed E-state index contributed by atoms with van der Waals surface area (Å²) in [7, 11) is 0. The van der Waals surface area contributed by atoms with Crippen LogP contribution in [0.3, 0.4) is 0 Å². The van der Waals surface area contributed by atoms with E-state index in [-0.39, 0.29) is 11.7 Å². The second-order valence-electron chi connectivity index (χ2n) is 6.34. The largest absolute Gasteiger partial charge is 0.480 e. The number of nitrogens with zero attached hydrogens (tertiary/aromatic N) is 1. The van der Waals surface area contributed by atoms with Crippen LogP contribution in [0.2, 0.25) is 5.02 Å². The molecule has 4 nitrogen and oxygen atoms in total. The van der Waals surface area contributed by atoms with Gasteiger partial charge in [-0.1, -0.05) is 54.1 Å². The van der Waals surface area contributed by atoms with Crippen molar-refractivity contribution in [3.05, 3.63) is 70.7 Å². The van der Waals surface area contributed by atoms with Gasteiger partial charge in [0.05, 0.1) is 0 Å². The highest BCUT2D eigenvalue weighted by Gasteiger charge is 2.33. The first-order valence-corrected chi connectivity index (χ1v) is 8.75. The molecule has 0 saturated carbocycles. The molecule has 1 fully saturated rings. The normalized spacial score (nSPS) is 17.2. The lowest BCUT2D eigenvalue weighted by Crippen LogP contribution is -2.41. The highest BCUT2D eigenvalue weighted by atomic mass is 35.5. The van der Waals surface area contributed by atoms with Crippen molar-refractivity contribution >= 4 is 23.4 Å². The molecule has 0 bridgehead atoms. The van der Waals surface area contributed by atoms with E-state index in [1.807, 2.05) is 35.2 Å². The molecule has 0 aliphatic carbocycles. The lowest BCUT2D eigenvalue weighted by Gasteiger charge is -2.35. The second-order valence-corrected chi connectivity index (χ2v) is 6.77. The van der Waals surface area contributed by atoms with E-state index in [0.29, 0.717) is 36.5 Å². The fourth-order valence-electron chi connectivity index (χ4n) is 3.44. The Morgan fingerprint density at radius 3 is 2.32 bits per heavy atom. The van der Waals surface area contributed by atoms with Gasteiger partial charge in [0.15, 0.2) is 5.78 Å². The average Bonchev–Trinajstić information content (AvgIpc) is 2.62. The number of likely N-dealkylation sites (tertiary alicyclic amines) is 1. The van der Waals surface area contributed by atoms with Gasteiger partial charge in [-0.3, -0.25) is 14.5 Å². The van der Waals surface area contributed by atoms with Crippen LogP contribution in [0.15, 0.2) is 54.6 Å². The number of carbonyl (C=O) groups is 2. The Labute approximate surface area is 152 Å². The first-order chi connectivity index (χ1) is 12.1. The van der Waals surface area contributed by atoms with Gasteiger partial charge in [0.25, 0.3) is 0 Å². The first-order valence-electron chi connectivity index (χ1n) is 8.38. The van der Waals surface area contributed by atoms with Gasteiger partial charge in [0.2, 0.25) is 0 Å². The molecule has 1 heterocycles. The maximum atomic E-state index is 12.6. The number of piperidine rings is 1. The molecule has 1 atom stereocenters. The van der Waals surface area contributed by atoms with Crippen molar-refractivity contribution in [1.29, 1.82) is 0 Å². The Hall–Kier alpha value is -2.17. The zero-order valence-electron chi connectivity index (χ0n) is 13.8. The van der Waals surface area contributed by atoms with Crippen LogP contribution >= 0.6 is 11.6 Å². The molecule has 0 aromatic heterocycles. The fraction of sp³-hybridized carbons (Fsp3) is 0.300. The van der Waals surface area contributed by atoms with E-state index in [0.717, 1.165) is 5.56 Å². The lowest BCUT2D eigenvalue weighted by molar-refractivity contribution is -0.144. The quantitative estimate of drug-likeness (QED) is 0.820. The Kier molecular flexibility index (Phi) is 5.51. The van der Waals surface area contributed by atoms with Gasteiger partial charge in [-0.15, -0.1) is 0 Å². The number of aliphatic carboxylic acids is 1. The number of carbonyl (C=O) groups excluding carboxylic acids is 1. The average molecular weight is 358 g/mol. The van der Waals surface area contributed by atoms with Crippen molar-refractivity contribution in [2.75, 3.05) is 13.1 Å². The smallest absolute Gasteiger partial charge is 0.325 e. The van der Waals surface area contributed by atoms with Gasteiger partial charge in [-0.2, -0.15) is 0 Å². The van der Waals surface area contributed by atoms with E-state index < -0.39 is 12.0 Å². The van der Waals surface area contributed by atoms with Crippen LogP contribution < -0.4 is 0 Å². The van der Waals surface area contributed by atoms with Crippen LogP contribution in [0.5, 0.6) is 0 Å². The number of ketones is 1. The number of rotatable bonds is 5. The summed E-state index contributed by atoms with van der Waals surface area (Å²) in [6.45, 7) is 1.15. The summed E-state index contributed by atoms with van der Waals surface area (Å²) < 4.78 is 0. The van der Waals surface area contributed by atoms with Gasteiger partial charge < -0.3 is 5.11 Å². The van der Waals surface area contributed by atoms with E-state index in [4.69, 9.17) is 11.6 Å². The molecule has 1 unspecified atom stereocenters. The van der Waals surface area contributed by atoms with Gasteiger partial charge in [0.1, 0.15) is 6.04 Å². The van der Waals surface area contributed by atoms with E-state index in [1.54, 1.807) is 24.3 Å². The second kappa shape index (κ2) is 7.81. The molecule has 2 aromatic rings. The number of carboxylic acids is 1. The molecule has 25 heavy (non-hydrogen) atoms. The summed E-state index contributed by atoms with van der Waals surface area (Å²) in [6.07, 6.45) is 1.33. The number of hydrogen-bond donors (Lipinski definition) is 1. The molecule has 5 heteroatoms. The Balaban J connectivity index is 1.70. The van der Waals surface area contributed by atoms with Crippen LogP contribution in [0.1, 0.15) is 34.8 Å². The maximum Gasteiger partial charge on any atom is 0.325 e. The number of carboxylic acid groups (broad SMARTS) is 1. The summed E-state index contributed by atoms with van der Waals surface area (Å²) in [5.74, 6) is -0.794. The monoisotopic (exact) mass is 357 g/mol. The zero-order valence-corrected chi connectivity index (χ0v) is 14.5. The molecule has 0 radical (unpaired) electrons. The highest BCUT2D eigenvalue weighted by molar-refractivity contribution is 6.30. The minimum absolute atomic E-state index is 0.0487. The zero-order chi connectivity index (χ0) is 17.8. The van der Waals surface area contributed by atoms with Crippen molar-refractivity contribution in [2.45, 2.75) is 18.9 Å². The van der Waals surface area contributed by atoms with Crippen LogP contribution in [0, 0.1) is 5.92 Å². The van der Waals surface area contributed by atoms with Crippen LogP contribution in [-0.4, -0.2) is 34.8 Å². The SMILES string of the molecule is O=C(c1ccccc1)C1CCN(C(C(=O)O)c2cccc(Cl)c2)CC1. The van der Waals surface area contributed by atoms with Crippen LogP contribution in [0.4, 0.5) is 0 Å². The summed E-state index contributed by atoms with van der Waals surface area (Å²) in [5.41, 5.74) is 1.40. The van der Waals surface area contributed by atoms with Gasteiger partial charge in [-0.25, -0.2) is 0 Å². The Morgan fingerprint density at radius 1 is 1.04 bits per heavy atom. The minimum Gasteiger partial charge on any atom is -0.480 e. The van der Waals surface area contributed by atoms with Crippen LogP contribution in [0.25, 0.3) is 0 Å². The van der Waals surface area contributed by atoms with Crippen molar-refractivity contribution < 1.29 is 14.7 Å². The van der Waals surface area contributed by atoms with E-state index in [1.165, 1.54) is 0 Å². The number of hydrogen-bond acceptors (Lipinski definition) is 3. The standard InChI is InChI=1S/C20H20ClNO3/c21-17-8-4-7-16(13-17)18(20(24)25)22-11-9-15(10-12-22)19(23)14-5-2-1-3-6-14/h1-8,13,15,18H,9-12H2,(H,24,25).